The van der Waals surface area contributed by atoms with Gasteiger partial charge in [-0.25, -0.2) is 8.42 Å². The number of sulfone groups is 1. The van der Waals surface area contributed by atoms with Crippen LogP contribution in [0.2, 0.25) is 5.02 Å². The van der Waals surface area contributed by atoms with Gasteiger partial charge in [0.15, 0.2) is 9.84 Å². The largest absolute Gasteiger partial charge is 0.330 e. The highest BCUT2D eigenvalue weighted by atomic mass is 35.5. The lowest BCUT2D eigenvalue weighted by Crippen LogP contribution is -2.22. The summed E-state index contributed by atoms with van der Waals surface area (Å²) in [7, 11) is -3.46. The van der Waals surface area contributed by atoms with Gasteiger partial charge in [0.25, 0.3) is 5.69 Å². The summed E-state index contributed by atoms with van der Waals surface area (Å²) >= 11 is 5.75. The van der Waals surface area contributed by atoms with Crippen molar-refractivity contribution in [3.8, 4) is 0 Å². The molecule has 0 bridgehead atoms. The van der Waals surface area contributed by atoms with E-state index in [1.165, 1.54) is 18.2 Å². The van der Waals surface area contributed by atoms with Gasteiger partial charge in [-0.3, -0.25) is 10.1 Å². The molecule has 1 aromatic carbocycles. The number of nitro benzene ring substituents is 1. The molecule has 106 valence electrons. The van der Waals surface area contributed by atoms with Crippen molar-refractivity contribution in [2.75, 3.05) is 12.3 Å². The van der Waals surface area contributed by atoms with Crippen LogP contribution in [0.5, 0.6) is 0 Å². The van der Waals surface area contributed by atoms with Gasteiger partial charge in [0, 0.05) is 16.7 Å². The Hall–Kier alpha value is -1.18. The van der Waals surface area contributed by atoms with Gasteiger partial charge >= 0.3 is 0 Å². The van der Waals surface area contributed by atoms with Gasteiger partial charge in [0.2, 0.25) is 0 Å². The third-order valence-corrected chi connectivity index (χ3v) is 4.62. The number of rotatable bonds is 6. The van der Waals surface area contributed by atoms with Crippen LogP contribution < -0.4 is 5.73 Å². The van der Waals surface area contributed by atoms with E-state index in [4.69, 9.17) is 17.3 Å². The maximum absolute atomic E-state index is 11.9. The fraction of sp³-hybridized carbons (Fsp3) is 0.455. The lowest BCUT2D eigenvalue weighted by molar-refractivity contribution is -0.385. The smallest absolute Gasteiger partial charge is 0.273 e. The fourth-order valence-electron chi connectivity index (χ4n) is 1.65. The SMILES string of the molecule is CC(CN)CS(=O)(=O)Cc1cc(Cl)ccc1[N+](=O)[O-]. The molecule has 0 saturated heterocycles. The first-order valence-corrected chi connectivity index (χ1v) is 7.78. The minimum atomic E-state index is -3.46. The monoisotopic (exact) mass is 306 g/mol. The molecule has 19 heavy (non-hydrogen) atoms. The lowest BCUT2D eigenvalue weighted by atomic mass is 10.2. The molecule has 0 aliphatic carbocycles. The highest BCUT2D eigenvalue weighted by molar-refractivity contribution is 7.90. The third-order valence-electron chi connectivity index (χ3n) is 2.55. The van der Waals surface area contributed by atoms with Crippen LogP contribution >= 0.6 is 11.6 Å². The van der Waals surface area contributed by atoms with Crippen molar-refractivity contribution in [3.63, 3.8) is 0 Å². The van der Waals surface area contributed by atoms with Crippen molar-refractivity contribution >= 4 is 27.1 Å². The lowest BCUT2D eigenvalue weighted by Gasteiger charge is -2.10. The van der Waals surface area contributed by atoms with E-state index in [1.54, 1.807) is 6.92 Å². The second-order valence-electron chi connectivity index (χ2n) is 4.43. The fourth-order valence-corrected chi connectivity index (χ4v) is 3.67. The molecule has 0 aliphatic rings. The molecule has 0 aromatic heterocycles. The molecule has 0 spiro atoms. The molecule has 1 aromatic rings. The van der Waals surface area contributed by atoms with Crippen molar-refractivity contribution in [2.24, 2.45) is 11.7 Å². The average Bonchev–Trinajstić information content (AvgIpc) is 2.27. The molecule has 0 amide bonds. The van der Waals surface area contributed by atoms with E-state index in [0.29, 0.717) is 0 Å². The van der Waals surface area contributed by atoms with Crippen molar-refractivity contribution in [3.05, 3.63) is 38.9 Å². The van der Waals surface area contributed by atoms with Crippen LogP contribution in [0, 0.1) is 16.0 Å². The number of nitrogens with zero attached hydrogens (tertiary/aromatic N) is 1. The summed E-state index contributed by atoms with van der Waals surface area (Å²) < 4.78 is 23.9. The minimum absolute atomic E-state index is 0.0988. The molecular weight excluding hydrogens is 292 g/mol. The van der Waals surface area contributed by atoms with E-state index in [-0.39, 0.29) is 34.5 Å². The molecule has 2 N–H and O–H groups in total. The van der Waals surface area contributed by atoms with Crippen LogP contribution in [-0.4, -0.2) is 25.6 Å². The van der Waals surface area contributed by atoms with Crippen molar-refractivity contribution in [2.45, 2.75) is 12.7 Å². The number of benzene rings is 1. The molecule has 1 unspecified atom stereocenters. The summed E-state index contributed by atoms with van der Waals surface area (Å²) in [6, 6.07) is 3.88. The molecule has 1 rings (SSSR count). The van der Waals surface area contributed by atoms with Gasteiger partial charge in [-0.15, -0.1) is 0 Å². The summed E-state index contributed by atoms with van der Waals surface area (Å²) in [4.78, 5) is 10.2. The Morgan fingerprint density at radius 2 is 2.11 bits per heavy atom. The van der Waals surface area contributed by atoms with E-state index >= 15 is 0 Å². The number of hydrogen-bond donors (Lipinski definition) is 1. The van der Waals surface area contributed by atoms with E-state index in [9.17, 15) is 18.5 Å². The maximum Gasteiger partial charge on any atom is 0.273 e. The molecule has 1 atom stereocenters. The predicted octanol–water partition coefficient (Wildman–Crippen LogP) is 1.76. The zero-order valence-corrected chi connectivity index (χ0v) is 11.9. The van der Waals surface area contributed by atoms with Crippen LogP contribution in [0.15, 0.2) is 18.2 Å². The average molecular weight is 307 g/mol. The minimum Gasteiger partial charge on any atom is -0.330 e. The summed E-state index contributed by atoms with van der Waals surface area (Å²) in [5.74, 6) is -0.704. The van der Waals surface area contributed by atoms with Crippen molar-refractivity contribution < 1.29 is 13.3 Å². The first-order chi connectivity index (χ1) is 8.75. The van der Waals surface area contributed by atoms with Gasteiger partial charge < -0.3 is 5.73 Å². The van der Waals surface area contributed by atoms with Gasteiger partial charge in [0.1, 0.15) is 0 Å². The Morgan fingerprint density at radius 3 is 2.63 bits per heavy atom. The number of nitro groups is 1. The Kier molecular flexibility index (Phi) is 5.28. The Labute approximate surface area is 116 Å². The maximum atomic E-state index is 11.9. The second-order valence-corrected chi connectivity index (χ2v) is 6.97. The van der Waals surface area contributed by atoms with E-state index in [0.717, 1.165) is 0 Å². The van der Waals surface area contributed by atoms with Crippen molar-refractivity contribution in [1.82, 2.24) is 0 Å². The summed E-state index contributed by atoms with van der Waals surface area (Å²) in [6.07, 6.45) is 0. The molecule has 0 radical (unpaired) electrons. The first kappa shape index (κ1) is 15.9. The summed E-state index contributed by atoms with van der Waals surface area (Å²) in [6.45, 7) is 1.96. The number of hydrogen-bond acceptors (Lipinski definition) is 5. The number of halogens is 1. The summed E-state index contributed by atoms with van der Waals surface area (Å²) in [5, 5.41) is 11.1. The molecule has 6 nitrogen and oxygen atoms in total. The zero-order chi connectivity index (χ0) is 14.6. The van der Waals surface area contributed by atoms with Gasteiger partial charge in [0.05, 0.1) is 16.4 Å². The second kappa shape index (κ2) is 6.31. The Bertz CT molecular complexity index is 574. The Balaban J connectivity index is 3.04. The molecule has 0 saturated carbocycles. The van der Waals surface area contributed by atoms with E-state index in [1.807, 2.05) is 0 Å². The van der Waals surface area contributed by atoms with Crippen LogP contribution in [0.4, 0.5) is 5.69 Å². The highest BCUT2D eigenvalue weighted by Crippen LogP contribution is 2.25. The van der Waals surface area contributed by atoms with Gasteiger partial charge in [-0.1, -0.05) is 18.5 Å². The normalized spacial score (nSPS) is 13.2. The highest BCUT2D eigenvalue weighted by Gasteiger charge is 2.22. The molecule has 8 heteroatoms. The molecular formula is C11H15ClN2O4S. The number of nitrogens with two attached hydrogens (primary N) is 1. The first-order valence-electron chi connectivity index (χ1n) is 5.58. The molecule has 0 heterocycles. The molecule has 0 fully saturated rings. The van der Waals surface area contributed by atoms with E-state index in [2.05, 4.69) is 0 Å². The van der Waals surface area contributed by atoms with Crippen LogP contribution in [0.25, 0.3) is 0 Å². The quantitative estimate of drug-likeness (QED) is 0.637. The third kappa shape index (κ3) is 4.77. The Morgan fingerprint density at radius 1 is 1.47 bits per heavy atom. The van der Waals surface area contributed by atoms with Crippen LogP contribution in [0.3, 0.4) is 0 Å². The van der Waals surface area contributed by atoms with Crippen LogP contribution in [0.1, 0.15) is 12.5 Å². The molecule has 0 aliphatic heterocycles. The predicted molar refractivity (Wildman–Crippen MR) is 73.8 cm³/mol. The van der Waals surface area contributed by atoms with Gasteiger partial charge in [-0.05, 0) is 24.6 Å². The standard InChI is InChI=1S/C11H15ClN2O4S/c1-8(5-13)6-19(17,18)7-9-4-10(12)2-3-11(9)14(15)16/h2-4,8H,5-7,13H2,1H3. The summed E-state index contributed by atoms with van der Waals surface area (Å²) in [5.41, 5.74) is 5.24. The van der Waals surface area contributed by atoms with Crippen molar-refractivity contribution in [1.29, 1.82) is 0 Å². The zero-order valence-electron chi connectivity index (χ0n) is 10.4. The topological polar surface area (TPSA) is 103 Å². The van der Waals surface area contributed by atoms with E-state index < -0.39 is 20.5 Å². The van der Waals surface area contributed by atoms with Gasteiger partial charge in [-0.2, -0.15) is 0 Å². The van der Waals surface area contributed by atoms with Crippen LogP contribution in [-0.2, 0) is 15.6 Å².